The first-order valence-corrected chi connectivity index (χ1v) is 17.6. The molecule has 0 heterocycles. The molecule has 2 aromatic rings. The Hall–Kier alpha value is -1.99. The molecule has 0 bridgehead atoms. The summed E-state index contributed by atoms with van der Waals surface area (Å²) >= 11 is 0. The van der Waals surface area contributed by atoms with Gasteiger partial charge in [0.15, 0.2) is 0 Å². The van der Waals surface area contributed by atoms with Crippen LogP contribution in [0.1, 0.15) is 121 Å². The van der Waals surface area contributed by atoms with Crippen molar-refractivity contribution in [3.63, 3.8) is 0 Å². The fraction of sp³-hybridized carbons (Fsp3) is 0.526. The predicted molar refractivity (Wildman–Crippen MR) is 178 cm³/mol. The van der Waals surface area contributed by atoms with Gasteiger partial charge in [-0.1, -0.05) is 88.6 Å². The van der Waals surface area contributed by atoms with E-state index in [1.165, 1.54) is 52.7 Å². The summed E-state index contributed by atoms with van der Waals surface area (Å²) < 4.78 is 0. The van der Waals surface area contributed by atoms with Crippen molar-refractivity contribution in [3.8, 4) is 11.1 Å². The lowest BCUT2D eigenvalue weighted by molar-refractivity contribution is 0.569. The molecule has 3 aliphatic rings. The molecule has 0 amide bonds. The lowest BCUT2D eigenvalue weighted by atomic mass is 9.77. The molecule has 210 valence electrons. The summed E-state index contributed by atoms with van der Waals surface area (Å²) in [5.41, 5.74) is 20.4. The Morgan fingerprint density at radius 3 is 1.74 bits per heavy atom. The van der Waals surface area contributed by atoms with E-state index in [4.69, 9.17) is 0 Å². The summed E-state index contributed by atoms with van der Waals surface area (Å²) in [6, 6.07) is 10.2. The SMILES string of the molecule is CC1=Cc2c(cc3c(c2-c2cc(C(C)(C)C)cc(C(C)(C)C)c2)CCC3)C1S(C)(C)C1C(C)=C(C)C(C)=C1C. The van der Waals surface area contributed by atoms with E-state index >= 15 is 0 Å². The van der Waals surface area contributed by atoms with Crippen molar-refractivity contribution in [1.29, 1.82) is 0 Å². The van der Waals surface area contributed by atoms with Crippen LogP contribution < -0.4 is 0 Å². The standard InChI is InChI=1S/C38H52S/c1-22-17-32-33(35(22)39(12,13)36-25(4)23(2)24(3)26(36)5)20-27-15-14-16-31(27)34(32)28-18-29(37(6,7)8)21-30(19-28)38(9,10)11/h17-21,35-36H,14-16H2,1-13H3. The zero-order valence-electron chi connectivity index (χ0n) is 27.1. The van der Waals surface area contributed by atoms with Crippen LogP contribution >= 0.6 is 10.0 Å². The minimum absolute atomic E-state index is 0.115. The molecule has 0 nitrogen and oxygen atoms in total. The molecular weight excluding hydrogens is 488 g/mol. The lowest BCUT2D eigenvalue weighted by Crippen LogP contribution is -2.23. The van der Waals surface area contributed by atoms with Crippen LogP contribution in [0, 0.1) is 0 Å². The first-order valence-electron chi connectivity index (χ1n) is 15.0. The number of hydrogen-bond acceptors (Lipinski definition) is 0. The van der Waals surface area contributed by atoms with Gasteiger partial charge in [-0.15, -0.1) is 0 Å². The molecule has 0 spiro atoms. The Labute approximate surface area is 241 Å². The second kappa shape index (κ2) is 9.27. The number of fused-ring (bicyclic) bond motifs is 2. The maximum atomic E-state index is 2.65. The highest BCUT2D eigenvalue weighted by Gasteiger charge is 2.43. The maximum Gasteiger partial charge on any atom is 0.0361 e. The van der Waals surface area contributed by atoms with Crippen LogP contribution in [0.2, 0.25) is 0 Å². The lowest BCUT2D eigenvalue weighted by Gasteiger charge is -2.46. The van der Waals surface area contributed by atoms with Crippen molar-refractivity contribution in [1.82, 2.24) is 0 Å². The van der Waals surface area contributed by atoms with E-state index in [-0.39, 0.29) is 10.8 Å². The van der Waals surface area contributed by atoms with Crippen molar-refractivity contribution >= 4 is 16.1 Å². The average molecular weight is 541 g/mol. The molecular formula is C38H52S. The summed E-state index contributed by atoms with van der Waals surface area (Å²) in [5, 5.41) is 1.09. The van der Waals surface area contributed by atoms with E-state index in [2.05, 4.69) is 119 Å². The highest BCUT2D eigenvalue weighted by atomic mass is 32.3. The molecule has 1 atom stereocenters. The Balaban J connectivity index is 1.76. The third kappa shape index (κ3) is 4.52. The summed E-state index contributed by atoms with van der Waals surface area (Å²) in [6.45, 7) is 26.1. The minimum atomic E-state index is -1.03. The normalized spacial score (nSPS) is 20.6. The Morgan fingerprint density at radius 2 is 1.23 bits per heavy atom. The number of allylic oxidation sites excluding steroid dienone is 2. The molecule has 0 aliphatic heterocycles. The first-order chi connectivity index (χ1) is 17.9. The second-order valence-corrected chi connectivity index (χ2v) is 19.2. The fourth-order valence-electron chi connectivity index (χ4n) is 7.84. The van der Waals surface area contributed by atoms with Crippen LogP contribution in [0.4, 0.5) is 0 Å². The van der Waals surface area contributed by atoms with Gasteiger partial charge in [-0.05, 0) is 133 Å². The zero-order valence-corrected chi connectivity index (χ0v) is 27.9. The first kappa shape index (κ1) is 28.5. The Bertz CT molecular complexity index is 1400. The summed E-state index contributed by atoms with van der Waals surface area (Å²) in [4.78, 5) is 0. The summed E-state index contributed by atoms with van der Waals surface area (Å²) in [7, 11) is -1.03. The van der Waals surface area contributed by atoms with Crippen molar-refractivity contribution in [2.45, 2.75) is 117 Å². The van der Waals surface area contributed by atoms with Gasteiger partial charge in [-0.25, -0.2) is 10.0 Å². The van der Waals surface area contributed by atoms with E-state index in [9.17, 15) is 0 Å². The van der Waals surface area contributed by atoms with Gasteiger partial charge in [0, 0.05) is 10.5 Å². The predicted octanol–water partition coefficient (Wildman–Crippen LogP) is 11.0. The highest BCUT2D eigenvalue weighted by Crippen LogP contribution is 2.69. The van der Waals surface area contributed by atoms with Crippen LogP contribution in [0.15, 0.2) is 52.1 Å². The molecule has 0 fully saturated rings. The molecule has 0 saturated heterocycles. The van der Waals surface area contributed by atoms with Crippen molar-refractivity contribution in [2.24, 2.45) is 0 Å². The quantitative estimate of drug-likeness (QED) is 0.363. The molecule has 0 aromatic heterocycles. The minimum Gasteiger partial charge on any atom is -0.226 e. The summed E-state index contributed by atoms with van der Waals surface area (Å²) in [5.74, 6) is 0. The third-order valence-corrected chi connectivity index (χ3v) is 14.0. The van der Waals surface area contributed by atoms with Crippen molar-refractivity contribution in [3.05, 3.63) is 85.5 Å². The van der Waals surface area contributed by atoms with E-state index < -0.39 is 10.0 Å². The van der Waals surface area contributed by atoms with Gasteiger partial charge >= 0.3 is 0 Å². The number of benzene rings is 2. The Kier molecular flexibility index (Phi) is 6.78. The van der Waals surface area contributed by atoms with Crippen LogP contribution in [-0.4, -0.2) is 17.8 Å². The number of rotatable bonds is 3. The second-order valence-electron chi connectivity index (χ2n) is 15.3. The van der Waals surface area contributed by atoms with E-state index in [1.54, 1.807) is 39.0 Å². The van der Waals surface area contributed by atoms with Gasteiger partial charge in [0.25, 0.3) is 0 Å². The monoisotopic (exact) mass is 540 g/mol. The van der Waals surface area contributed by atoms with Crippen LogP contribution in [0.25, 0.3) is 17.2 Å². The number of aryl methyl sites for hydroxylation is 1. The van der Waals surface area contributed by atoms with Crippen LogP contribution in [0.3, 0.4) is 0 Å². The topological polar surface area (TPSA) is 0 Å². The van der Waals surface area contributed by atoms with Crippen molar-refractivity contribution < 1.29 is 0 Å². The van der Waals surface area contributed by atoms with Gasteiger partial charge in [-0.3, -0.25) is 0 Å². The molecule has 0 saturated carbocycles. The zero-order chi connectivity index (χ0) is 28.8. The third-order valence-electron chi connectivity index (χ3n) is 10.2. The van der Waals surface area contributed by atoms with Crippen molar-refractivity contribution in [2.75, 3.05) is 12.5 Å². The molecule has 2 aromatic carbocycles. The largest absolute Gasteiger partial charge is 0.226 e. The molecule has 0 N–H and O–H groups in total. The number of hydrogen-bond donors (Lipinski definition) is 0. The van der Waals surface area contributed by atoms with Gasteiger partial charge < -0.3 is 0 Å². The van der Waals surface area contributed by atoms with Gasteiger partial charge in [0.05, 0.1) is 0 Å². The van der Waals surface area contributed by atoms with Crippen LogP contribution in [-0.2, 0) is 23.7 Å². The fourth-order valence-corrected chi connectivity index (χ4v) is 12.2. The van der Waals surface area contributed by atoms with Gasteiger partial charge in [-0.2, -0.15) is 0 Å². The van der Waals surface area contributed by atoms with E-state index in [0.717, 1.165) is 0 Å². The van der Waals surface area contributed by atoms with Gasteiger partial charge in [0.1, 0.15) is 0 Å². The molecule has 39 heavy (non-hydrogen) atoms. The smallest absolute Gasteiger partial charge is 0.0361 e. The van der Waals surface area contributed by atoms with E-state index in [1.807, 2.05) is 0 Å². The maximum absolute atomic E-state index is 2.65. The average Bonchev–Trinajstić information content (AvgIpc) is 3.47. The summed E-state index contributed by atoms with van der Waals surface area (Å²) in [6.07, 6.45) is 11.6. The van der Waals surface area contributed by atoms with Gasteiger partial charge in [0.2, 0.25) is 0 Å². The Morgan fingerprint density at radius 1 is 0.692 bits per heavy atom. The molecule has 0 radical (unpaired) electrons. The highest BCUT2D eigenvalue weighted by molar-refractivity contribution is 8.33. The van der Waals surface area contributed by atoms with E-state index in [0.29, 0.717) is 10.5 Å². The molecule has 1 unspecified atom stereocenters. The molecule has 1 heteroatoms. The molecule has 3 aliphatic carbocycles. The molecule has 5 rings (SSSR count). The van der Waals surface area contributed by atoms with Crippen LogP contribution in [0.5, 0.6) is 0 Å².